The van der Waals surface area contributed by atoms with Gasteiger partial charge in [-0.2, -0.15) is 0 Å². The first kappa shape index (κ1) is 18.5. The number of likely N-dealkylation sites (tertiary alicyclic amines) is 1. The van der Waals surface area contributed by atoms with Crippen molar-refractivity contribution in [3.63, 3.8) is 0 Å². The third-order valence-electron chi connectivity index (χ3n) is 4.47. The zero-order chi connectivity index (χ0) is 19.2. The highest BCUT2D eigenvalue weighted by Gasteiger charge is 2.33. The van der Waals surface area contributed by atoms with E-state index in [4.69, 9.17) is 4.74 Å². The van der Waals surface area contributed by atoms with E-state index in [1.165, 1.54) is 18.3 Å². The number of ether oxygens (including phenoxy) is 1. The molecule has 1 aliphatic rings. The van der Waals surface area contributed by atoms with Gasteiger partial charge in [0.05, 0.1) is 10.5 Å². The van der Waals surface area contributed by atoms with Gasteiger partial charge in [-0.3, -0.25) is 19.9 Å². The molecule has 2 aromatic rings. The second-order valence-corrected chi connectivity index (χ2v) is 6.28. The summed E-state index contributed by atoms with van der Waals surface area (Å²) in [5.41, 5.74) is 1.06. The molecule has 2 heterocycles. The number of aromatic nitrogens is 1. The number of piperidine rings is 1. The van der Waals surface area contributed by atoms with Crippen LogP contribution < -0.4 is 0 Å². The van der Waals surface area contributed by atoms with Gasteiger partial charge in [0.15, 0.2) is 0 Å². The molecular weight excluding hydrogens is 350 g/mol. The molecule has 0 spiro atoms. The number of hydrogen-bond acceptors (Lipinski definition) is 6. The van der Waals surface area contributed by atoms with Crippen LogP contribution in [0.3, 0.4) is 0 Å². The van der Waals surface area contributed by atoms with Gasteiger partial charge in [0.25, 0.3) is 11.6 Å². The van der Waals surface area contributed by atoms with Crippen LogP contribution in [0, 0.1) is 10.1 Å². The molecule has 1 aromatic heterocycles. The van der Waals surface area contributed by atoms with Gasteiger partial charge in [0, 0.05) is 31.1 Å². The van der Waals surface area contributed by atoms with Gasteiger partial charge in [0.2, 0.25) is 0 Å². The summed E-state index contributed by atoms with van der Waals surface area (Å²) in [6.45, 7) is 0.493. The lowest BCUT2D eigenvalue weighted by Crippen LogP contribution is -2.48. The Kier molecular flexibility index (Phi) is 5.75. The Balaban J connectivity index is 1.64. The van der Waals surface area contributed by atoms with E-state index in [-0.39, 0.29) is 18.2 Å². The van der Waals surface area contributed by atoms with Gasteiger partial charge in [-0.1, -0.05) is 0 Å². The number of rotatable bonds is 5. The summed E-state index contributed by atoms with van der Waals surface area (Å²) in [4.78, 5) is 40.9. The minimum absolute atomic E-state index is 0.00223. The molecular formula is C19H19N3O5. The van der Waals surface area contributed by atoms with E-state index in [9.17, 15) is 19.7 Å². The monoisotopic (exact) mass is 369 g/mol. The molecule has 0 unspecified atom stereocenters. The van der Waals surface area contributed by atoms with E-state index < -0.39 is 16.9 Å². The highest BCUT2D eigenvalue weighted by molar-refractivity contribution is 5.96. The van der Waals surface area contributed by atoms with Crippen molar-refractivity contribution in [2.24, 2.45) is 0 Å². The average Bonchev–Trinajstić information content (AvgIpc) is 2.72. The van der Waals surface area contributed by atoms with Crippen molar-refractivity contribution in [3.05, 3.63) is 70.0 Å². The first-order valence-corrected chi connectivity index (χ1v) is 8.67. The number of amides is 1. The fourth-order valence-electron chi connectivity index (χ4n) is 3.04. The number of pyridine rings is 1. The first-order chi connectivity index (χ1) is 13.1. The second-order valence-electron chi connectivity index (χ2n) is 6.28. The van der Waals surface area contributed by atoms with Crippen molar-refractivity contribution in [2.45, 2.75) is 31.9 Å². The molecule has 0 saturated carbocycles. The highest BCUT2D eigenvalue weighted by Crippen LogP contribution is 2.21. The van der Waals surface area contributed by atoms with Crippen LogP contribution in [0.25, 0.3) is 0 Å². The minimum Gasteiger partial charge on any atom is -0.459 e. The predicted octanol–water partition coefficient (Wildman–Crippen LogP) is 2.73. The molecule has 8 heteroatoms. The van der Waals surface area contributed by atoms with E-state index in [0.29, 0.717) is 24.1 Å². The standard InChI is InChI=1S/C19H19N3O5/c23-18(15-4-3-10-20-12-15)21-11-2-1-5-17(21)19(24)27-13-14-6-8-16(9-7-14)22(25)26/h3-4,6-10,12,17H,1-2,5,11,13H2/t17-/m1/s1. The maximum Gasteiger partial charge on any atom is 0.329 e. The number of nitrogens with zero attached hydrogens (tertiary/aromatic N) is 3. The van der Waals surface area contributed by atoms with Crippen LogP contribution in [-0.4, -0.2) is 39.3 Å². The number of carbonyl (C=O) groups excluding carboxylic acids is 2. The van der Waals surface area contributed by atoms with Crippen LogP contribution in [0.2, 0.25) is 0 Å². The number of nitro groups is 1. The topological polar surface area (TPSA) is 103 Å². The van der Waals surface area contributed by atoms with Crippen molar-refractivity contribution in [3.8, 4) is 0 Å². The van der Waals surface area contributed by atoms with Crippen LogP contribution in [0.4, 0.5) is 5.69 Å². The van der Waals surface area contributed by atoms with E-state index in [0.717, 1.165) is 12.8 Å². The zero-order valence-electron chi connectivity index (χ0n) is 14.6. The summed E-state index contributed by atoms with van der Waals surface area (Å²) < 4.78 is 5.37. The fourth-order valence-corrected chi connectivity index (χ4v) is 3.04. The predicted molar refractivity (Wildman–Crippen MR) is 95.8 cm³/mol. The van der Waals surface area contributed by atoms with Gasteiger partial charge in [-0.05, 0) is 49.1 Å². The normalized spacial score (nSPS) is 16.6. The van der Waals surface area contributed by atoms with E-state index in [2.05, 4.69) is 4.98 Å². The molecule has 0 N–H and O–H groups in total. The third-order valence-corrected chi connectivity index (χ3v) is 4.47. The quantitative estimate of drug-likeness (QED) is 0.456. The molecule has 8 nitrogen and oxygen atoms in total. The lowest BCUT2D eigenvalue weighted by molar-refractivity contribution is -0.384. The molecule has 0 bridgehead atoms. The minimum atomic E-state index is -0.635. The van der Waals surface area contributed by atoms with Gasteiger partial charge in [0.1, 0.15) is 12.6 Å². The first-order valence-electron chi connectivity index (χ1n) is 8.67. The molecule has 0 aliphatic carbocycles. The second kappa shape index (κ2) is 8.39. The van der Waals surface area contributed by atoms with E-state index in [1.807, 2.05) is 0 Å². The van der Waals surface area contributed by atoms with Crippen molar-refractivity contribution >= 4 is 17.6 Å². The molecule has 1 aliphatic heterocycles. The summed E-state index contributed by atoms with van der Waals surface area (Å²) in [6, 6.07) is 8.53. The number of esters is 1. The van der Waals surface area contributed by atoms with Crippen molar-refractivity contribution in [1.82, 2.24) is 9.88 Å². The summed E-state index contributed by atoms with van der Waals surface area (Å²) in [5.74, 6) is -0.703. The van der Waals surface area contributed by atoms with Crippen LogP contribution in [0.15, 0.2) is 48.8 Å². The summed E-state index contributed by atoms with van der Waals surface area (Å²) in [7, 11) is 0. The SMILES string of the molecule is O=C(OCc1ccc([N+](=O)[O-])cc1)[C@H]1CCCCN1C(=O)c1cccnc1. The highest BCUT2D eigenvalue weighted by atomic mass is 16.6. The van der Waals surface area contributed by atoms with E-state index in [1.54, 1.807) is 35.4 Å². The molecule has 27 heavy (non-hydrogen) atoms. The Morgan fingerprint density at radius 3 is 2.67 bits per heavy atom. The Morgan fingerprint density at radius 1 is 1.22 bits per heavy atom. The lowest BCUT2D eigenvalue weighted by Gasteiger charge is -2.34. The van der Waals surface area contributed by atoms with Gasteiger partial charge >= 0.3 is 5.97 Å². The number of carbonyl (C=O) groups is 2. The molecule has 1 saturated heterocycles. The smallest absolute Gasteiger partial charge is 0.329 e. The van der Waals surface area contributed by atoms with Gasteiger partial charge in [-0.25, -0.2) is 4.79 Å². The Bertz CT molecular complexity index is 823. The van der Waals surface area contributed by atoms with E-state index >= 15 is 0 Å². The van der Waals surface area contributed by atoms with Gasteiger partial charge in [-0.15, -0.1) is 0 Å². The van der Waals surface area contributed by atoms with Crippen LogP contribution in [0.5, 0.6) is 0 Å². The summed E-state index contributed by atoms with van der Waals surface area (Å²) >= 11 is 0. The van der Waals surface area contributed by atoms with Crippen LogP contribution in [-0.2, 0) is 16.1 Å². The Morgan fingerprint density at radius 2 is 2.00 bits per heavy atom. The Hall–Kier alpha value is -3.29. The molecule has 1 amide bonds. The number of nitro benzene ring substituents is 1. The average molecular weight is 369 g/mol. The van der Waals surface area contributed by atoms with Gasteiger partial charge < -0.3 is 9.64 Å². The number of hydrogen-bond donors (Lipinski definition) is 0. The number of benzene rings is 1. The molecule has 3 rings (SSSR count). The molecule has 140 valence electrons. The molecule has 0 radical (unpaired) electrons. The van der Waals surface area contributed by atoms with Crippen molar-refractivity contribution < 1.29 is 19.2 Å². The summed E-state index contributed by atoms with van der Waals surface area (Å²) in [6.07, 6.45) is 5.29. The van der Waals surface area contributed by atoms with Crippen molar-refractivity contribution in [2.75, 3.05) is 6.54 Å². The fraction of sp³-hybridized carbons (Fsp3) is 0.316. The molecule has 1 atom stereocenters. The van der Waals surface area contributed by atoms with Crippen LogP contribution in [0.1, 0.15) is 35.2 Å². The number of non-ortho nitro benzene ring substituents is 1. The van der Waals surface area contributed by atoms with Crippen molar-refractivity contribution in [1.29, 1.82) is 0 Å². The largest absolute Gasteiger partial charge is 0.459 e. The third kappa shape index (κ3) is 4.46. The molecule has 1 aromatic carbocycles. The lowest BCUT2D eigenvalue weighted by atomic mass is 10.0. The zero-order valence-corrected chi connectivity index (χ0v) is 14.6. The van der Waals surface area contributed by atoms with Crippen LogP contribution >= 0.6 is 0 Å². The Labute approximate surface area is 155 Å². The molecule has 1 fully saturated rings. The maximum absolute atomic E-state index is 12.7. The summed E-state index contributed by atoms with van der Waals surface area (Å²) in [5, 5.41) is 10.7. The maximum atomic E-state index is 12.7.